The van der Waals surface area contributed by atoms with E-state index in [4.69, 9.17) is 0 Å². The lowest BCUT2D eigenvalue weighted by atomic mass is 10.1. The molecule has 7 nitrogen and oxygen atoms in total. The summed E-state index contributed by atoms with van der Waals surface area (Å²) in [7, 11) is -3.66. The standard InChI is InChI=1S/C17H15N3O4S2/c1-11(21)12-5-7-13(8-6-12)18-16(22)9-10-26(23,24)15-4-2-3-14-17(15)20-25-19-14/h2-8H,9-10H2,1H3,(H,18,22). The van der Waals surface area contributed by atoms with Crippen molar-refractivity contribution < 1.29 is 18.0 Å². The van der Waals surface area contributed by atoms with Gasteiger partial charge in [0.2, 0.25) is 5.91 Å². The van der Waals surface area contributed by atoms with Gasteiger partial charge in [-0.2, -0.15) is 8.75 Å². The maximum atomic E-state index is 12.5. The second-order valence-corrected chi connectivity index (χ2v) is 8.24. The van der Waals surface area contributed by atoms with Gasteiger partial charge in [-0.1, -0.05) is 6.07 Å². The van der Waals surface area contributed by atoms with Gasteiger partial charge in [-0.25, -0.2) is 8.42 Å². The Morgan fingerprint density at radius 3 is 2.50 bits per heavy atom. The lowest BCUT2D eigenvalue weighted by molar-refractivity contribution is -0.115. The summed E-state index contributed by atoms with van der Waals surface area (Å²) in [5, 5.41) is 2.62. The van der Waals surface area contributed by atoms with Crippen molar-refractivity contribution in [2.45, 2.75) is 18.2 Å². The molecule has 1 heterocycles. The summed E-state index contributed by atoms with van der Waals surface area (Å²) in [6, 6.07) is 11.2. The molecule has 1 aromatic heterocycles. The number of nitrogens with zero attached hydrogens (tertiary/aromatic N) is 2. The zero-order valence-corrected chi connectivity index (χ0v) is 15.4. The Balaban J connectivity index is 1.67. The SMILES string of the molecule is CC(=O)c1ccc(NC(=O)CCS(=O)(=O)c2cccc3nsnc23)cc1. The summed E-state index contributed by atoms with van der Waals surface area (Å²) in [5.41, 5.74) is 1.89. The lowest BCUT2D eigenvalue weighted by Gasteiger charge is -2.07. The van der Waals surface area contributed by atoms with Crippen molar-refractivity contribution >= 4 is 50.0 Å². The minimum absolute atomic E-state index is 0.0697. The van der Waals surface area contributed by atoms with Crippen molar-refractivity contribution in [2.75, 3.05) is 11.1 Å². The molecule has 134 valence electrons. The number of hydrogen-bond acceptors (Lipinski definition) is 7. The van der Waals surface area contributed by atoms with Crippen LogP contribution in [0.15, 0.2) is 47.4 Å². The van der Waals surface area contributed by atoms with Crippen molar-refractivity contribution in [1.82, 2.24) is 8.75 Å². The van der Waals surface area contributed by atoms with Crippen LogP contribution in [0.5, 0.6) is 0 Å². The van der Waals surface area contributed by atoms with Gasteiger partial charge in [-0.15, -0.1) is 0 Å². The lowest BCUT2D eigenvalue weighted by Crippen LogP contribution is -2.17. The second kappa shape index (κ2) is 7.30. The molecule has 0 saturated heterocycles. The normalized spacial score (nSPS) is 11.4. The third kappa shape index (κ3) is 3.94. The molecule has 0 aliphatic rings. The van der Waals surface area contributed by atoms with Crippen LogP contribution in [0.2, 0.25) is 0 Å². The van der Waals surface area contributed by atoms with Crippen molar-refractivity contribution in [3.8, 4) is 0 Å². The monoisotopic (exact) mass is 389 g/mol. The highest BCUT2D eigenvalue weighted by atomic mass is 32.2. The van der Waals surface area contributed by atoms with Gasteiger partial charge in [0.15, 0.2) is 15.6 Å². The fraction of sp³-hybridized carbons (Fsp3) is 0.176. The number of fused-ring (bicyclic) bond motifs is 1. The van der Waals surface area contributed by atoms with Gasteiger partial charge in [-0.3, -0.25) is 9.59 Å². The summed E-state index contributed by atoms with van der Waals surface area (Å²) in [4.78, 5) is 23.4. The van der Waals surface area contributed by atoms with E-state index in [0.29, 0.717) is 22.3 Å². The Hall–Kier alpha value is -2.65. The van der Waals surface area contributed by atoms with Gasteiger partial charge >= 0.3 is 0 Å². The van der Waals surface area contributed by atoms with Crippen LogP contribution in [-0.4, -0.2) is 34.6 Å². The average molecular weight is 389 g/mol. The van der Waals surface area contributed by atoms with Gasteiger partial charge in [-0.05, 0) is 43.3 Å². The average Bonchev–Trinajstić information content (AvgIpc) is 3.09. The van der Waals surface area contributed by atoms with E-state index in [-0.39, 0.29) is 22.9 Å². The number of rotatable bonds is 6. The summed E-state index contributed by atoms with van der Waals surface area (Å²) in [6.45, 7) is 1.46. The molecule has 0 saturated carbocycles. The smallest absolute Gasteiger partial charge is 0.225 e. The van der Waals surface area contributed by atoms with Crippen LogP contribution in [0.3, 0.4) is 0 Å². The Bertz CT molecular complexity index is 1070. The molecule has 3 aromatic rings. The first-order valence-electron chi connectivity index (χ1n) is 7.72. The van der Waals surface area contributed by atoms with E-state index in [1.54, 1.807) is 36.4 Å². The molecule has 9 heteroatoms. The molecule has 0 spiro atoms. The second-order valence-electron chi connectivity index (χ2n) is 5.64. The number of Topliss-reactive ketones (excluding diaryl/α,β-unsaturated/α-hetero) is 1. The molecule has 0 unspecified atom stereocenters. The number of hydrogen-bond donors (Lipinski definition) is 1. The van der Waals surface area contributed by atoms with Crippen molar-refractivity contribution in [3.63, 3.8) is 0 Å². The van der Waals surface area contributed by atoms with Gasteiger partial charge in [0.05, 0.1) is 22.4 Å². The Morgan fingerprint density at radius 1 is 1.08 bits per heavy atom. The molecular formula is C17H15N3O4S2. The highest BCUT2D eigenvalue weighted by molar-refractivity contribution is 7.91. The zero-order valence-electron chi connectivity index (χ0n) is 13.8. The predicted octanol–water partition coefficient (Wildman–Crippen LogP) is 2.70. The Kier molecular flexibility index (Phi) is 5.10. The summed E-state index contributed by atoms with van der Waals surface area (Å²) >= 11 is 0.945. The molecule has 0 atom stereocenters. The van der Waals surface area contributed by atoms with E-state index in [0.717, 1.165) is 11.7 Å². The molecule has 1 amide bonds. The number of sulfone groups is 1. The molecule has 3 rings (SSSR count). The predicted molar refractivity (Wildman–Crippen MR) is 99.2 cm³/mol. The number of amides is 1. The quantitative estimate of drug-likeness (QED) is 0.650. The van der Waals surface area contributed by atoms with Gasteiger partial charge in [0, 0.05) is 17.7 Å². The third-order valence-corrected chi connectivity index (χ3v) is 6.04. The first-order valence-corrected chi connectivity index (χ1v) is 10.1. The van der Waals surface area contributed by atoms with Crippen LogP contribution >= 0.6 is 11.7 Å². The fourth-order valence-electron chi connectivity index (χ4n) is 2.38. The molecular weight excluding hydrogens is 374 g/mol. The maximum absolute atomic E-state index is 12.5. The van der Waals surface area contributed by atoms with Crippen LogP contribution < -0.4 is 5.32 Å². The van der Waals surface area contributed by atoms with E-state index >= 15 is 0 Å². The zero-order chi connectivity index (χ0) is 18.7. The Labute approximate surface area is 154 Å². The first-order chi connectivity index (χ1) is 12.4. The van der Waals surface area contributed by atoms with Gasteiger partial charge < -0.3 is 5.32 Å². The molecule has 2 aromatic carbocycles. The van der Waals surface area contributed by atoms with E-state index < -0.39 is 15.7 Å². The number of ketones is 1. The van der Waals surface area contributed by atoms with E-state index in [1.807, 2.05) is 0 Å². The van der Waals surface area contributed by atoms with E-state index in [2.05, 4.69) is 14.1 Å². The molecule has 0 aliphatic heterocycles. The minimum Gasteiger partial charge on any atom is -0.326 e. The van der Waals surface area contributed by atoms with Crippen molar-refractivity contribution in [1.29, 1.82) is 0 Å². The summed E-state index contributed by atoms with van der Waals surface area (Å²) < 4.78 is 33.1. The number of nitrogens with one attached hydrogen (secondary N) is 1. The highest BCUT2D eigenvalue weighted by Gasteiger charge is 2.21. The summed E-state index contributed by atoms with van der Waals surface area (Å²) in [5.74, 6) is -0.825. The fourth-order valence-corrected chi connectivity index (χ4v) is 4.39. The molecule has 0 fully saturated rings. The number of carbonyl (C=O) groups is 2. The number of aromatic nitrogens is 2. The molecule has 26 heavy (non-hydrogen) atoms. The molecule has 1 N–H and O–H groups in total. The van der Waals surface area contributed by atoms with E-state index in [9.17, 15) is 18.0 Å². The number of anilines is 1. The van der Waals surface area contributed by atoms with Crippen LogP contribution in [-0.2, 0) is 14.6 Å². The van der Waals surface area contributed by atoms with Gasteiger partial charge in [0.1, 0.15) is 11.0 Å². The van der Waals surface area contributed by atoms with Gasteiger partial charge in [0.25, 0.3) is 0 Å². The summed E-state index contributed by atoms with van der Waals surface area (Å²) in [6.07, 6.45) is -0.190. The molecule has 0 aliphatic carbocycles. The molecule has 0 bridgehead atoms. The molecule has 0 radical (unpaired) electrons. The van der Waals surface area contributed by atoms with E-state index in [1.165, 1.54) is 13.0 Å². The largest absolute Gasteiger partial charge is 0.326 e. The highest BCUT2D eigenvalue weighted by Crippen LogP contribution is 2.22. The minimum atomic E-state index is -3.66. The van der Waals surface area contributed by atoms with Crippen LogP contribution in [0.4, 0.5) is 5.69 Å². The van der Waals surface area contributed by atoms with Crippen LogP contribution in [0, 0.1) is 0 Å². The van der Waals surface area contributed by atoms with Crippen molar-refractivity contribution in [3.05, 3.63) is 48.0 Å². The number of carbonyl (C=O) groups excluding carboxylic acids is 2. The maximum Gasteiger partial charge on any atom is 0.225 e. The topological polar surface area (TPSA) is 106 Å². The van der Waals surface area contributed by atoms with Crippen LogP contribution in [0.1, 0.15) is 23.7 Å². The first kappa shape index (κ1) is 18.2. The van der Waals surface area contributed by atoms with Crippen molar-refractivity contribution in [2.24, 2.45) is 0 Å². The van der Waals surface area contributed by atoms with Crippen LogP contribution in [0.25, 0.3) is 11.0 Å². The number of benzene rings is 2. The Morgan fingerprint density at radius 2 is 1.81 bits per heavy atom. The third-order valence-electron chi connectivity index (χ3n) is 3.76.